The van der Waals surface area contributed by atoms with Crippen LogP contribution in [0.2, 0.25) is 5.28 Å². The van der Waals surface area contributed by atoms with Gasteiger partial charge in [0, 0.05) is 20.1 Å². The van der Waals surface area contributed by atoms with Gasteiger partial charge in [-0.1, -0.05) is 6.92 Å². The topological polar surface area (TPSA) is 53.9 Å². The van der Waals surface area contributed by atoms with Gasteiger partial charge in [0.2, 0.25) is 17.2 Å². The summed E-state index contributed by atoms with van der Waals surface area (Å²) in [6.07, 6.45) is 1.29. The van der Waals surface area contributed by atoms with Crippen LogP contribution in [0.3, 0.4) is 0 Å². The van der Waals surface area contributed by atoms with Crippen LogP contribution in [0.25, 0.3) is 0 Å². The Bertz CT molecular complexity index is 397. The molecule has 1 saturated carbocycles. The molecule has 0 spiro atoms. The van der Waals surface area contributed by atoms with Crippen LogP contribution in [0.15, 0.2) is 0 Å². The molecule has 5 nitrogen and oxygen atoms in total. The van der Waals surface area contributed by atoms with E-state index in [4.69, 9.17) is 11.6 Å². The molecule has 1 aromatic rings. The molecule has 0 bridgehead atoms. The summed E-state index contributed by atoms with van der Waals surface area (Å²) in [5, 5.41) is 3.29. The van der Waals surface area contributed by atoms with Gasteiger partial charge in [0.1, 0.15) is 0 Å². The van der Waals surface area contributed by atoms with Crippen molar-refractivity contribution in [2.24, 2.45) is 11.8 Å². The van der Waals surface area contributed by atoms with Crippen molar-refractivity contribution in [2.45, 2.75) is 20.3 Å². The lowest BCUT2D eigenvalue weighted by Crippen LogP contribution is -2.23. The first-order valence-corrected chi connectivity index (χ1v) is 6.34. The van der Waals surface area contributed by atoms with Gasteiger partial charge in [-0.25, -0.2) is 0 Å². The average Bonchev–Trinajstić information content (AvgIpc) is 2.93. The molecule has 1 fully saturated rings. The quantitative estimate of drug-likeness (QED) is 0.873. The van der Waals surface area contributed by atoms with Crippen LogP contribution < -0.4 is 10.2 Å². The third-order valence-corrected chi connectivity index (χ3v) is 3.23. The van der Waals surface area contributed by atoms with E-state index in [0.717, 1.165) is 24.9 Å². The lowest BCUT2D eigenvalue weighted by Gasteiger charge is -2.17. The molecule has 1 aliphatic carbocycles. The molecule has 2 rings (SSSR count). The highest BCUT2D eigenvalue weighted by Gasteiger charge is 2.33. The second-order valence-corrected chi connectivity index (χ2v) is 4.95. The van der Waals surface area contributed by atoms with Crippen LogP contribution >= 0.6 is 11.6 Å². The Morgan fingerprint density at radius 2 is 2.12 bits per heavy atom. The van der Waals surface area contributed by atoms with Gasteiger partial charge in [0.15, 0.2) is 0 Å². The lowest BCUT2D eigenvalue weighted by atomic mass is 10.3. The van der Waals surface area contributed by atoms with Crippen molar-refractivity contribution in [1.82, 2.24) is 15.0 Å². The standard InChI is InChI=1S/C11H18ClN5/c1-4-13-10-14-9(12)15-11(16-10)17(3)6-8-5-7(8)2/h7-8H,4-6H2,1-3H3,(H,13,14,15,16). The first kappa shape index (κ1) is 12.4. The normalized spacial score (nSPS) is 22.4. The summed E-state index contributed by atoms with van der Waals surface area (Å²) in [5.41, 5.74) is 0. The molecule has 94 valence electrons. The van der Waals surface area contributed by atoms with E-state index < -0.39 is 0 Å². The highest BCUT2D eigenvalue weighted by Crippen LogP contribution is 2.38. The van der Waals surface area contributed by atoms with E-state index in [1.165, 1.54) is 6.42 Å². The second-order valence-electron chi connectivity index (χ2n) is 4.61. The summed E-state index contributed by atoms with van der Waals surface area (Å²) in [6, 6.07) is 0. The van der Waals surface area contributed by atoms with E-state index in [1.54, 1.807) is 0 Å². The largest absolute Gasteiger partial charge is 0.354 e. The predicted molar refractivity (Wildman–Crippen MR) is 69.5 cm³/mol. The lowest BCUT2D eigenvalue weighted by molar-refractivity contribution is 0.710. The van der Waals surface area contributed by atoms with Gasteiger partial charge < -0.3 is 10.2 Å². The maximum absolute atomic E-state index is 5.88. The molecular formula is C11H18ClN5. The monoisotopic (exact) mass is 255 g/mol. The molecule has 2 atom stereocenters. The maximum atomic E-state index is 5.88. The summed E-state index contributed by atoms with van der Waals surface area (Å²) < 4.78 is 0. The van der Waals surface area contributed by atoms with E-state index in [-0.39, 0.29) is 5.28 Å². The Labute approximate surface area is 107 Å². The Hall–Kier alpha value is -1.10. The number of rotatable bonds is 5. The van der Waals surface area contributed by atoms with Crippen LogP contribution in [-0.2, 0) is 0 Å². The van der Waals surface area contributed by atoms with Gasteiger partial charge in [-0.2, -0.15) is 15.0 Å². The van der Waals surface area contributed by atoms with Crippen molar-refractivity contribution in [3.63, 3.8) is 0 Å². The van der Waals surface area contributed by atoms with Crippen molar-refractivity contribution in [3.8, 4) is 0 Å². The van der Waals surface area contributed by atoms with Crippen molar-refractivity contribution in [2.75, 3.05) is 30.4 Å². The van der Waals surface area contributed by atoms with Crippen LogP contribution in [0.4, 0.5) is 11.9 Å². The Kier molecular flexibility index (Phi) is 3.66. The van der Waals surface area contributed by atoms with E-state index in [2.05, 4.69) is 27.2 Å². The molecule has 1 aromatic heterocycles. The first-order valence-electron chi connectivity index (χ1n) is 5.96. The van der Waals surface area contributed by atoms with Gasteiger partial charge in [0.05, 0.1) is 0 Å². The van der Waals surface area contributed by atoms with E-state index in [9.17, 15) is 0 Å². The molecule has 0 amide bonds. The summed E-state index contributed by atoms with van der Waals surface area (Å²) in [6.45, 7) is 6.01. The Morgan fingerprint density at radius 3 is 2.71 bits per heavy atom. The Balaban J connectivity index is 2.07. The summed E-state index contributed by atoms with van der Waals surface area (Å²) in [5.74, 6) is 2.76. The molecule has 6 heteroatoms. The van der Waals surface area contributed by atoms with Gasteiger partial charge in [-0.15, -0.1) is 0 Å². The zero-order valence-electron chi connectivity index (χ0n) is 10.4. The fraction of sp³-hybridized carbons (Fsp3) is 0.727. The molecule has 0 aromatic carbocycles. The summed E-state index contributed by atoms with van der Waals surface area (Å²) in [7, 11) is 1.99. The van der Waals surface area contributed by atoms with Crippen molar-refractivity contribution in [1.29, 1.82) is 0 Å². The maximum Gasteiger partial charge on any atom is 0.231 e. The second kappa shape index (κ2) is 5.04. The molecule has 17 heavy (non-hydrogen) atoms. The molecule has 2 unspecified atom stereocenters. The van der Waals surface area contributed by atoms with Crippen LogP contribution in [-0.4, -0.2) is 35.1 Å². The predicted octanol–water partition coefficient (Wildman–Crippen LogP) is 2.05. The molecular weight excluding hydrogens is 238 g/mol. The first-order chi connectivity index (χ1) is 8.10. The Morgan fingerprint density at radius 1 is 1.41 bits per heavy atom. The fourth-order valence-electron chi connectivity index (χ4n) is 1.83. The van der Waals surface area contributed by atoms with Gasteiger partial charge in [0.25, 0.3) is 0 Å². The molecule has 0 saturated heterocycles. The number of halogens is 1. The zero-order valence-corrected chi connectivity index (χ0v) is 11.2. The molecule has 1 aliphatic rings. The number of nitrogens with one attached hydrogen (secondary N) is 1. The number of hydrogen-bond acceptors (Lipinski definition) is 5. The highest BCUT2D eigenvalue weighted by molar-refractivity contribution is 6.28. The van der Waals surface area contributed by atoms with Crippen LogP contribution in [0, 0.1) is 11.8 Å². The van der Waals surface area contributed by atoms with E-state index in [1.807, 2.05) is 18.9 Å². The van der Waals surface area contributed by atoms with Crippen LogP contribution in [0.1, 0.15) is 20.3 Å². The average molecular weight is 256 g/mol. The molecule has 1 heterocycles. The number of nitrogens with zero attached hydrogens (tertiary/aromatic N) is 4. The van der Waals surface area contributed by atoms with E-state index >= 15 is 0 Å². The SMILES string of the molecule is CCNc1nc(Cl)nc(N(C)CC2CC2C)n1. The summed E-state index contributed by atoms with van der Waals surface area (Å²) >= 11 is 5.88. The highest BCUT2D eigenvalue weighted by atomic mass is 35.5. The van der Waals surface area contributed by atoms with Crippen molar-refractivity contribution >= 4 is 23.5 Å². The minimum atomic E-state index is 0.238. The number of aromatic nitrogens is 3. The molecule has 1 N–H and O–H groups in total. The van der Waals surface area contributed by atoms with Gasteiger partial charge in [-0.3, -0.25) is 0 Å². The third kappa shape index (κ3) is 3.19. The zero-order chi connectivity index (χ0) is 12.4. The summed E-state index contributed by atoms with van der Waals surface area (Å²) in [4.78, 5) is 14.6. The minimum absolute atomic E-state index is 0.238. The van der Waals surface area contributed by atoms with Crippen molar-refractivity contribution in [3.05, 3.63) is 5.28 Å². The third-order valence-electron chi connectivity index (χ3n) is 3.06. The smallest absolute Gasteiger partial charge is 0.231 e. The van der Waals surface area contributed by atoms with E-state index in [0.29, 0.717) is 11.9 Å². The van der Waals surface area contributed by atoms with Gasteiger partial charge >= 0.3 is 0 Å². The molecule has 0 radical (unpaired) electrons. The fourth-order valence-corrected chi connectivity index (χ4v) is 1.99. The van der Waals surface area contributed by atoms with Crippen LogP contribution in [0.5, 0.6) is 0 Å². The number of anilines is 2. The van der Waals surface area contributed by atoms with Crippen molar-refractivity contribution < 1.29 is 0 Å². The minimum Gasteiger partial charge on any atom is -0.354 e. The number of hydrogen-bond donors (Lipinski definition) is 1. The molecule has 0 aliphatic heterocycles. The van der Waals surface area contributed by atoms with Gasteiger partial charge in [-0.05, 0) is 36.8 Å².